The largest absolute Gasteiger partial charge is 0.350 e. The fourth-order valence-electron chi connectivity index (χ4n) is 0.694. The molecule has 0 saturated carbocycles. The number of rotatable bonds is 3. The Morgan fingerprint density at radius 3 is 3.10 bits per heavy atom. The van der Waals surface area contributed by atoms with Crippen molar-refractivity contribution in [1.29, 1.82) is 0 Å². The van der Waals surface area contributed by atoms with Crippen LogP contribution in [0.15, 0.2) is 11.6 Å². The van der Waals surface area contributed by atoms with Gasteiger partial charge < -0.3 is 10.6 Å². The lowest BCUT2D eigenvalue weighted by molar-refractivity contribution is 0.880. The van der Waals surface area contributed by atoms with E-state index in [0.717, 1.165) is 11.7 Å². The molecule has 0 spiro atoms. The smallest absolute Gasteiger partial charge is 0.185 e. The number of likely N-dealkylation sites (N-methyl/N-ethyl adjacent to an activating group) is 1. The number of hydrogen-bond acceptors (Lipinski definition) is 4. The first-order valence-electron chi connectivity index (χ1n) is 3.15. The van der Waals surface area contributed by atoms with E-state index in [0.29, 0.717) is 6.54 Å². The molecule has 0 aromatic carbocycles. The van der Waals surface area contributed by atoms with E-state index in [-0.39, 0.29) is 0 Å². The molecule has 0 saturated heterocycles. The van der Waals surface area contributed by atoms with Crippen LogP contribution in [-0.4, -0.2) is 25.1 Å². The van der Waals surface area contributed by atoms with Crippen LogP contribution >= 0.6 is 11.3 Å². The van der Waals surface area contributed by atoms with Gasteiger partial charge in [0, 0.05) is 31.7 Å². The van der Waals surface area contributed by atoms with Gasteiger partial charge in [-0.25, -0.2) is 4.98 Å². The fraction of sp³-hybridized carbons (Fsp3) is 0.500. The third kappa shape index (κ3) is 1.68. The highest BCUT2D eigenvalue weighted by molar-refractivity contribution is 7.13. The molecule has 0 aliphatic heterocycles. The van der Waals surface area contributed by atoms with E-state index in [4.69, 9.17) is 5.73 Å². The van der Waals surface area contributed by atoms with Gasteiger partial charge in [0.2, 0.25) is 0 Å². The normalized spacial score (nSPS) is 9.80. The van der Waals surface area contributed by atoms with Crippen LogP contribution in [0.1, 0.15) is 0 Å². The summed E-state index contributed by atoms with van der Waals surface area (Å²) in [6.07, 6.45) is 1.80. The van der Waals surface area contributed by atoms with Crippen molar-refractivity contribution < 1.29 is 0 Å². The van der Waals surface area contributed by atoms with Gasteiger partial charge in [0.1, 0.15) is 0 Å². The number of nitrogens with two attached hydrogens (primary N) is 1. The molecule has 0 atom stereocenters. The maximum absolute atomic E-state index is 5.37. The van der Waals surface area contributed by atoms with E-state index in [2.05, 4.69) is 4.98 Å². The van der Waals surface area contributed by atoms with Crippen LogP contribution in [0.25, 0.3) is 0 Å². The second kappa shape index (κ2) is 3.53. The number of thiazole rings is 1. The predicted octanol–water partition coefficient (Wildman–Crippen LogP) is 0.538. The van der Waals surface area contributed by atoms with Crippen molar-refractivity contribution in [3.05, 3.63) is 11.6 Å². The van der Waals surface area contributed by atoms with Gasteiger partial charge in [-0.1, -0.05) is 0 Å². The molecule has 0 fully saturated rings. The van der Waals surface area contributed by atoms with Crippen LogP contribution in [0.2, 0.25) is 0 Å². The van der Waals surface area contributed by atoms with Gasteiger partial charge in [0.25, 0.3) is 0 Å². The van der Waals surface area contributed by atoms with E-state index < -0.39 is 0 Å². The summed E-state index contributed by atoms with van der Waals surface area (Å²) >= 11 is 1.63. The topological polar surface area (TPSA) is 42.1 Å². The second-order valence-electron chi connectivity index (χ2n) is 2.02. The SMILES string of the molecule is CN(CCN)c1nccs1. The van der Waals surface area contributed by atoms with Gasteiger partial charge in [-0.3, -0.25) is 0 Å². The van der Waals surface area contributed by atoms with Gasteiger partial charge >= 0.3 is 0 Å². The van der Waals surface area contributed by atoms with Crippen LogP contribution in [0.5, 0.6) is 0 Å². The molecule has 0 radical (unpaired) electrons. The Bertz CT molecular complexity index is 173. The Labute approximate surface area is 64.5 Å². The average molecular weight is 157 g/mol. The summed E-state index contributed by atoms with van der Waals surface area (Å²) in [5.74, 6) is 0. The highest BCUT2D eigenvalue weighted by atomic mass is 32.1. The fourth-order valence-corrected chi connectivity index (χ4v) is 1.33. The zero-order valence-corrected chi connectivity index (χ0v) is 6.77. The monoisotopic (exact) mass is 157 g/mol. The van der Waals surface area contributed by atoms with Gasteiger partial charge in [-0.05, 0) is 0 Å². The molecule has 4 heteroatoms. The zero-order chi connectivity index (χ0) is 7.40. The summed E-state index contributed by atoms with van der Waals surface area (Å²) in [7, 11) is 1.99. The molecule has 56 valence electrons. The van der Waals surface area contributed by atoms with E-state index >= 15 is 0 Å². The summed E-state index contributed by atoms with van der Waals surface area (Å²) < 4.78 is 0. The first-order chi connectivity index (χ1) is 4.84. The summed E-state index contributed by atoms with van der Waals surface area (Å²) in [5.41, 5.74) is 5.37. The Hall–Kier alpha value is -0.610. The lowest BCUT2D eigenvalue weighted by Crippen LogP contribution is -2.24. The van der Waals surface area contributed by atoms with Crippen molar-refractivity contribution in [3.63, 3.8) is 0 Å². The van der Waals surface area contributed by atoms with Crippen LogP contribution in [0.4, 0.5) is 5.13 Å². The third-order valence-electron chi connectivity index (χ3n) is 1.21. The minimum absolute atomic E-state index is 0.677. The van der Waals surface area contributed by atoms with Gasteiger partial charge in [-0.2, -0.15) is 0 Å². The molecule has 1 rings (SSSR count). The van der Waals surface area contributed by atoms with Crippen LogP contribution in [0, 0.1) is 0 Å². The first-order valence-corrected chi connectivity index (χ1v) is 4.03. The van der Waals surface area contributed by atoms with Crippen molar-refractivity contribution >= 4 is 16.5 Å². The van der Waals surface area contributed by atoms with Crippen molar-refractivity contribution in [1.82, 2.24) is 4.98 Å². The van der Waals surface area contributed by atoms with Crippen molar-refractivity contribution in [3.8, 4) is 0 Å². The molecular weight excluding hydrogens is 146 g/mol. The molecule has 0 bridgehead atoms. The van der Waals surface area contributed by atoms with Crippen molar-refractivity contribution in [2.24, 2.45) is 5.73 Å². The minimum atomic E-state index is 0.677. The van der Waals surface area contributed by atoms with Crippen LogP contribution < -0.4 is 10.6 Å². The maximum atomic E-state index is 5.37. The molecule has 0 unspecified atom stereocenters. The predicted molar refractivity (Wildman–Crippen MR) is 44.4 cm³/mol. The summed E-state index contributed by atoms with van der Waals surface area (Å²) in [5, 5.41) is 2.99. The Balaban J connectivity index is 2.50. The lowest BCUT2D eigenvalue weighted by Gasteiger charge is -2.12. The number of anilines is 1. The van der Waals surface area contributed by atoms with Crippen molar-refractivity contribution in [2.45, 2.75) is 0 Å². The molecule has 0 aliphatic carbocycles. The number of aromatic nitrogens is 1. The quantitative estimate of drug-likeness (QED) is 0.696. The molecule has 2 N–H and O–H groups in total. The second-order valence-corrected chi connectivity index (χ2v) is 2.90. The highest BCUT2D eigenvalue weighted by Gasteiger charge is 1.99. The highest BCUT2D eigenvalue weighted by Crippen LogP contribution is 2.13. The molecule has 10 heavy (non-hydrogen) atoms. The molecule has 3 nitrogen and oxygen atoms in total. The molecule has 1 aromatic rings. The Kier molecular flexibility index (Phi) is 2.65. The minimum Gasteiger partial charge on any atom is -0.350 e. The Morgan fingerprint density at radius 1 is 1.80 bits per heavy atom. The summed E-state index contributed by atoms with van der Waals surface area (Å²) in [4.78, 5) is 6.17. The third-order valence-corrected chi connectivity index (χ3v) is 2.10. The van der Waals surface area contributed by atoms with E-state index in [1.165, 1.54) is 0 Å². The standard InChI is InChI=1S/C6H11N3S/c1-9(4-2-7)6-8-3-5-10-6/h3,5H,2,4,7H2,1H3. The van der Waals surface area contributed by atoms with Gasteiger partial charge in [0.15, 0.2) is 5.13 Å². The van der Waals surface area contributed by atoms with Crippen molar-refractivity contribution in [2.75, 3.05) is 25.0 Å². The molecule has 0 amide bonds. The van der Waals surface area contributed by atoms with Gasteiger partial charge in [-0.15, -0.1) is 11.3 Å². The first kappa shape index (κ1) is 7.50. The van der Waals surface area contributed by atoms with Gasteiger partial charge in [0.05, 0.1) is 0 Å². The average Bonchev–Trinajstić information content (AvgIpc) is 2.38. The Morgan fingerprint density at radius 2 is 2.60 bits per heavy atom. The molecule has 1 heterocycles. The summed E-state index contributed by atoms with van der Waals surface area (Å²) in [6.45, 7) is 1.55. The molecule has 0 aliphatic rings. The van der Waals surface area contributed by atoms with Crippen LogP contribution in [0.3, 0.4) is 0 Å². The number of hydrogen-bond donors (Lipinski definition) is 1. The molecular formula is C6H11N3S. The van der Waals surface area contributed by atoms with E-state index in [1.807, 2.05) is 17.3 Å². The van der Waals surface area contributed by atoms with E-state index in [9.17, 15) is 0 Å². The lowest BCUT2D eigenvalue weighted by atomic mass is 10.6. The van der Waals surface area contributed by atoms with Crippen LogP contribution in [-0.2, 0) is 0 Å². The summed E-state index contributed by atoms with van der Waals surface area (Å²) in [6, 6.07) is 0. The van der Waals surface area contributed by atoms with E-state index in [1.54, 1.807) is 17.5 Å². The zero-order valence-electron chi connectivity index (χ0n) is 5.95. The molecule has 1 aromatic heterocycles. The number of nitrogens with zero attached hydrogens (tertiary/aromatic N) is 2. The maximum Gasteiger partial charge on any atom is 0.185 e.